The lowest BCUT2D eigenvalue weighted by molar-refractivity contribution is -0.140. The third-order valence-electron chi connectivity index (χ3n) is 4.99. The number of rotatable bonds is 10. The van der Waals surface area contributed by atoms with Crippen LogP contribution in [0.25, 0.3) is 0 Å². The monoisotopic (exact) mass is 404 g/mol. The fourth-order valence-corrected chi connectivity index (χ4v) is 3.53. The van der Waals surface area contributed by atoms with Crippen LogP contribution in [0.1, 0.15) is 62.2 Å². The van der Waals surface area contributed by atoms with E-state index >= 15 is 0 Å². The molecule has 0 atom stereocenters. The third kappa shape index (κ3) is 5.71. The fourth-order valence-electron chi connectivity index (χ4n) is 3.53. The van der Waals surface area contributed by atoms with E-state index in [2.05, 4.69) is 50.2 Å². The van der Waals surface area contributed by atoms with Crippen LogP contribution in [0.4, 0.5) is 0 Å². The Balaban J connectivity index is 2.09. The van der Waals surface area contributed by atoms with Gasteiger partial charge in [-0.15, -0.1) is 0 Å². The smallest absolute Gasteiger partial charge is 0.184 e. The number of para-hydroxylation sites is 1. The van der Waals surface area contributed by atoms with Gasteiger partial charge in [0, 0.05) is 18.8 Å². The van der Waals surface area contributed by atoms with Gasteiger partial charge in [0.15, 0.2) is 6.29 Å². The van der Waals surface area contributed by atoms with Gasteiger partial charge < -0.3 is 14.2 Å². The maximum Gasteiger partial charge on any atom is 0.184 e. The summed E-state index contributed by atoms with van der Waals surface area (Å²) in [6, 6.07) is 24.8. The summed E-state index contributed by atoms with van der Waals surface area (Å²) < 4.78 is 18.3. The Morgan fingerprint density at radius 2 is 1.33 bits per heavy atom. The molecule has 3 aromatic carbocycles. The Morgan fingerprint density at radius 3 is 1.90 bits per heavy atom. The number of hydrogen-bond donors (Lipinski definition) is 0. The minimum Gasteiger partial charge on any atom is -0.457 e. The average molecular weight is 405 g/mol. The van der Waals surface area contributed by atoms with Crippen molar-refractivity contribution < 1.29 is 14.2 Å². The minimum absolute atomic E-state index is 0.303. The van der Waals surface area contributed by atoms with Gasteiger partial charge in [0.25, 0.3) is 0 Å². The molecule has 0 aliphatic heterocycles. The second-order valence-electron chi connectivity index (χ2n) is 7.56. The van der Waals surface area contributed by atoms with Crippen molar-refractivity contribution in [3.63, 3.8) is 0 Å². The van der Waals surface area contributed by atoms with Gasteiger partial charge in [-0.25, -0.2) is 0 Å². The lowest BCUT2D eigenvalue weighted by Gasteiger charge is -2.24. The molecule has 3 rings (SSSR count). The van der Waals surface area contributed by atoms with Crippen molar-refractivity contribution in [1.82, 2.24) is 0 Å². The Bertz CT molecular complexity index is 898. The summed E-state index contributed by atoms with van der Waals surface area (Å²) in [6.07, 6.45) is 0.401. The van der Waals surface area contributed by atoms with E-state index in [1.807, 2.05) is 50.2 Å². The summed E-state index contributed by atoms with van der Waals surface area (Å²) in [5.41, 5.74) is 4.62. The number of benzene rings is 3. The Hall–Kier alpha value is -2.62. The fraction of sp³-hybridized carbons (Fsp3) is 0.333. The summed E-state index contributed by atoms with van der Waals surface area (Å²) in [5.74, 6) is 2.03. The molecule has 0 heterocycles. The van der Waals surface area contributed by atoms with Gasteiger partial charge in [-0.05, 0) is 67.1 Å². The van der Waals surface area contributed by atoms with Gasteiger partial charge in [0.05, 0.1) is 0 Å². The molecule has 0 bridgehead atoms. The molecule has 30 heavy (non-hydrogen) atoms. The third-order valence-corrected chi connectivity index (χ3v) is 4.99. The van der Waals surface area contributed by atoms with Crippen molar-refractivity contribution >= 4 is 0 Å². The van der Waals surface area contributed by atoms with Crippen LogP contribution in [-0.4, -0.2) is 13.2 Å². The molecule has 0 aliphatic carbocycles. The average Bonchev–Trinajstić information content (AvgIpc) is 2.75. The van der Waals surface area contributed by atoms with Gasteiger partial charge in [0.1, 0.15) is 11.5 Å². The van der Waals surface area contributed by atoms with E-state index in [0.29, 0.717) is 19.1 Å². The van der Waals surface area contributed by atoms with E-state index in [4.69, 9.17) is 14.2 Å². The van der Waals surface area contributed by atoms with Crippen LogP contribution in [-0.2, 0) is 15.9 Å². The largest absolute Gasteiger partial charge is 0.457 e. The van der Waals surface area contributed by atoms with Crippen molar-refractivity contribution in [3.8, 4) is 11.5 Å². The van der Waals surface area contributed by atoms with Gasteiger partial charge in [-0.3, -0.25) is 0 Å². The van der Waals surface area contributed by atoms with E-state index in [9.17, 15) is 0 Å². The second kappa shape index (κ2) is 11.0. The second-order valence-corrected chi connectivity index (χ2v) is 7.56. The summed E-state index contributed by atoms with van der Waals surface area (Å²) >= 11 is 0. The molecular formula is C27H32O3. The van der Waals surface area contributed by atoms with Crippen LogP contribution < -0.4 is 4.74 Å². The van der Waals surface area contributed by atoms with E-state index in [1.54, 1.807) is 0 Å². The molecule has 0 saturated heterocycles. The van der Waals surface area contributed by atoms with E-state index in [1.165, 1.54) is 5.56 Å². The Labute approximate surface area is 180 Å². The molecule has 0 saturated carbocycles. The Morgan fingerprint density at radius 1 is 0.733 bits per heavy atom. The highest BCUT2D eigenvalue weighted by Gasteiger charge is 2.21. The van der Waals surface area contributed by atoms with E-state index < -0.39 is 0 Å². The first-order valence-electron chi connectivity index (χ1n) is 10.8. The van der Waals surface area contributed by atoms with Gasteiger partial charge in [0.2, 0.25) is 0 Å². The summed E-state index contributed by atoms with van der Waals surface area (Å²) in [5, 5.41) is 0. The molecule has 0 unspecified atom stereocenters. The van der Waals surface area contributed by atoms with Crippen LogP contribution in [0.3, 0.4) is 0 Å². The molecule has 0 aliphatic rings. The molecule has 0 N–H and O–H groups in total. The number of ether oxygens (including phenoxy) is 3. The highest BCUT2D eigenvalue weighted by atomic mass is 16.7. The van der Waals surface area contributed by atoms with Crippen LogP contribution >= 0.6 is 0 Å². The first kappa shape index (κ1) is 22.1. The molecule has 3 aromatic rings. The SMILES string of the molecule is CCOC(OCC)c1cc(C(C)C)c(Oc2ccccc2)cc1Cc1ccccc1. The van der Waals surface area contributed by atoms with Crippen molar-refractivity contribution in [3.05, 3.63) is 95.1 Å². The minimum atomic E-state index is -0.387. The van der Waals surface area contributed by atoms with Crippen LogP contribution in [0, 0.1) is 0 Å². The standard InChI is InChI=1S/C27H32O3/c1-5-28-27(29-6-2)25-19-24(20(3)4)26(30-23-15-11-8-12-16-23)18-22(25)17-21-13-9-7-10-14-21/h7-16,18-20,27H,5-6,17H2,1-4H3. The van der Waals surface area contributed by atoms with Gasteiger partial charge >= 0.3 is 0 Å². The van der Waals surface area contributed by atoms with Crippen LogP contribution in [0.5, 0.6) is 11.5 Å². The zero-order valence-electron chi connectivity index (χ0n) is 18.4. The van der Waals surface area contributed by atoms with Gasteiger partial charge in [-0.1, -0.05) is 62.4 Å². The molecule has 0 fully saturated rings. The lowest BCUT2D eigenvalue weighted by atomic mass is 9.92. The van der Waals surface area contributed by atoms with Crippen LogP contribution in [0.2, 0.25) is 0 Å². The molecule has 0 aromatic heterocycles. The van der Waals surface area contributed by atoms with Crippen molar-refractivity contribution in [2.24, 2.45) is 0 Å². The van der Waals surface area contributed by atoms with E-state index in [0.717, 1.165) is 34.6 Å². The van der Waals surface area contributed by atoms with Crippen molar-refractivity contribution in [2.75, 3.05) is 13.2 Å². The summed E-state index contributed by atoms with van der Waals surface area (Å²) in [7, 11) is 0. The molecule has 0 spiro atoms. The molecular weight excluding hydrogens is 372 g/mol. The first-order valence-corrected chi connectivity index (χ1v) is 10.8. The zero-order chi connectivity index (χ0) is 21.3. The Kier molecular flexibility index (Phi) is 8.06. The molecule has 0 amide bonds. The quantitative estimate of drug-likeness (QED) is 0.333. The van der Waals surface area contributed by atoms with E-state index in [-0.39, 0.29) is 6.29 Å². The zero-order valence-corrected chi connectivity index (χ0v) is 18.4. The maximum absolute atomic E-state index is 6.32. The topological polar surface area (TPSA) is 27.7 Å². The maximum atomic E-state index is 6.32. The molecule has 0 radical (unpaired) electrons. The summed E-state index contributed by atoms with van der Waals surface area (Å²) in [6.45, 7) is 9.55. The molecule has 3 nitrogen and oxygen atoms in total. The predicted molar refractivity (Wildman–Crippen MR) is 122 cm³/mol. The van der Waals surface area contributed by atoms with Crippen molar-refractivity contribution in [1.29, 1.82) is 0 Å². The lowest BCUT2D eigenvalue weighted by Crippen LogP contribution is -2.13. The van der Waals surface area contributed by atoms with Crippen LogP contribution in [0.15, 0.2) is 72.8 Å². The van der Waals surface area contributed by atoms with Gasteiger partial charge in [-0.2, -0.15) is 0 Å². The first-order chi connectivity index (χ1) is 14.6. The summed E-state index contributed by atoms with van der Waals surface area (Å²) in [4.78, 5) is 0. The predicted octanol–water partition coefficient (Wildman–Crippen LogP) is 7.26. The normalized spacial score (nSPS) is 11.3. The highest BCUT2D eigenvalue weighted by molar-refractivity contribution is 5.48. The number of hydrogen-bond acceptors (Lipinski definition) is 3. The van der Waals surface area contributed by atoms with Crippen molar-refractivity contribution in [2.45, 2.75) is 46.3 Å². The molecule has 3 heteroatoms. The highest BCUT2D eigenvalue weighted by Crippen LogP contribution is 2.37. The molecule has 158 valence electrons.